The Kier molecular flexibility index (Phi) is 2.94. The van der Waals surface area contributed by atoms with Crippen LogP contribution in [0.1, 0.15) is 40.4 Å². The first-order valence-corrected chi connectivity index (χ1v) is 4.32. The van der Waals surface area contributed by atoms with Crippen molar-refractivity contribution in [2.45, 2.75) is 38.7 Å². The molecule has 0 aliphatic carbocycles. The Morgan fingerprint density at radius 3 is 1.64 bits per heavy atom. The summed E-state index contributed by atoms with van der Waals surface area (Å²) in [6.07, 6.45) is -0.848. The third-order valence-electron chi connectivity index (χ3n) is 1.47. The lowest BCUT2D eigenvalue weighted by Crippen LogP contribution is -2.40. The Hall–Kier alpha value is -0.160. The number of hydrogen-bond acceptors (Lipinski definition) is 4. The quantitative estimate of drug-likeness (QED) is 0.426. The van der Waals surface area contributed by atoms with Crippen molar-refractivity contribution < 1.29 is 23.9 Å². The zero-order valence-electron chi connectivity index (χ0n) is 18.3. The maximum absolute atomic E-state index is 9.41. The first-order chi connectivity index (χ1) is 10.3. The normalized spacial score (nSPS) is 34.6. The van der Waals surface area contributed by atoms with E-state index in [2.05, 4.69) is 0 Å². The maximum Gasteiger partial charge on any atom is 0.0584 e. The summed E-state index contributed by atoms with van der Waals surface area (Å²) in [7, 11) is 0. The topological polar surface area (TPSA) is 64.5 Å². The average molecular weight is 214 g/mol. The van der Waals surface area contributed by atoms with E-state index in [1.165, 1.54) is 13.8 Å². The lowest BCUT2D eigenvalue weighted by molar-refractivity contribution is 0.229. The summed E-state index contributed by atoms with van der Waals surface area (Å²) >= 11 is 0. The second-order valence-corrected chi connectivity index (χ2v) is 2.39. The number of rotatable bonds is 9. The maximum atomic E-state index is 9.41. The van der Waals surface area contributed by atoms with E-state index in [9.17, 15) is 10.2 Å². The summed E-state index contributed by atoms with van der Waals surface area (Å²) in [6, 6.07) is -5.22. The molecule has 0 aromatic carbocycles. The highest BCUT2D eigenvalue weighted by atomic mass is 16.3. The lowest BCUT2D eigenvalue weighted by atomic mass is 10.2. The number of hydrogen-bond donors (Lipinski definition) is 4. The third kappa shape index (κ3) is 6.32. The molecule has 0 aliphatic rings. The molecule has 14 heavy (non-hydrogen) atoms. The van der Waals surface area contributed by atoms with Crippen LogP contribution in [0.25, 0.3) is 0 Å². The van der Waals surface area contributed by atoms with Crippen LogP contribution in [0.5, 0.6) is 0 Å². The summed E-state index contributed by atoms with van der Waals surface area (Å²) in [4.78, 5) is 0. The molecule has 0 radical (unpaired) electrons. The molecule has 0 unspecified atom stereocenters. The van der Waals surface area contributed by atoms with Crippen molar-refractivity contribution in [3.63, 3.8) is 0 Å². The smallest absolute Gasteiger partial charge is 0.0584 e. The summed E-state index contributed by atoms with van der Waals surface area (Å²) < 4.78 is 75.5. The van der Waals surface area contributed by atoms with E-state index >= 15 is 0 Å². The first-order valence-electron chi connectivity index (χ1n) is 9.32. The Bertz CT molecular complexity index is 398. The van der Waals surface area contributed by atoms with E-state index in [1.807, 2.05) is 0 Å². The van der Waals surface area contributed by atoms with Crippen molar-refractivity contribution in [2.24, 2.45) is 0 Å². The Labute approximate surface area is 101 Å². The van der Waals surface area contributed by atoms with E-state index in [0.29, 0.717) is 0 Å². The molecular formula is C10H24N2O2. The zero-order valence-corrected chi connectivity index (χ0v) is 8.31. The second kappa shape index (κ2) is 9.40. The molecule has 0 aromatic heterocycles. The van der Waals surface area contributed by atoms with Crippen LogP contribution in [0.3, 0.4) is 0 Å². The van der Waals surface area contributed by atoms with Crippen molar-refractivity contribution in [1.82, 2.24) is 10.6 Å². The lowest BCUT2D eigenvalue weighted by Gasteiger charge is -2.17. The van der Waals surface area contributed by atoms with Gasteiger partial charge in [-0.25, -0.2) is 0 Å². The van der Waals surface area contributed by atoms with Gasteiger partial charge in [0.05, 0.1) is 18.6 Å². The minimum atomic E-state index is -3.21. The molecule has 4 heteroatoms. The average Bonchev–Trinajstić information content (AvgIpc) is 2.34. The molecule has 0 saturated carbocycles. The van der Waals surface area contributed by atoms with E-state index in [0.717, 1.165) is 0 Å². The largest absolute Gasteiger partial charge is 0.395 e. The molecule has 0 bridgehead atoms. The van der Waals surface area contributed by atoms with Crippen molar-refractivity contribution in [3.05, 3.63) is 0 Å². The highest BCUT2D eigenvalue weighted by Gasteiger charge is 2.04. The third-order valence-corrected chi connectivity index (χ3v) is 1.47. The van der Waals surface area contributed by atoms with Crippen LogP contribution in [-0.4, -0.2) is 48.4 Å². The second-order valence-electron chi connectivity index (χ2n) is 2.39. The molecule has 0 fully saturated rings. The highest BCUT2D eigenvalue weighted by Crippen LogP contribution is 1.89. The van der Waals surface area contributed by atoms with Crippen LogP contribution in [0.2, 0.25) is 0 Å². The number of aliphatic hydroxyl groups is 2. The fraction of sp³-hybridized carbons (Fsp3) is 1.00. The molecule has 0 aromatic rings. The van der Waals surface area contributed by atoms with Crippen molar-refractivity contribution in [1.29, 1.82) is 0 Å². The minimum Gasteiger partial charge on any atom is -0.395 e. The number of nitrogens with one attached hydrogen (secondary N) is 2. The summed E-state index contributed by atoms with van der Waals surface area (Å²) in [5, 5.41) is 22.3. The standard InChI is InChI=1S/C10H24N2O2/c1-3-9(7-13)11-5-6-12-10(4-2)8-14/h9-14H,3-8H2,1-2H3/t9-,10-/m1/s1/i5D2,6D2,7D2,8D2,9D,10D. The first kappa shape index (κ1) is 4.37. The molecule has 0 saturated heterocycles. The van der Waals surface area contributed by atoms with Gasteiger partial charge in [0.1, 0.15) is 0 Å². The van der Waals surface area contributed by atoms with Gasteiger partial charge in [-0.15, -0.1) is 0 Å². The van der Waals surface area contributed by atoms with Crippen LogP contribution in [0.4, 0.5) is 0 Å². The molecule has 4 N–H and O–H groups in total. The van der Waals surface area contributed by atoms with E-state index in [4.69, 9.17) is 13.7 Å². The molecule has 4 nitrogen and oxygen atoms in total. The van der Waals surface area contributed by atoms with Gasteiger partial charge < -0.3 is 20.8 Å². The van der Waals surface area contributed by atoms with Gasteiger partial charge in [0.25, 0.3) is 0 Å². The predicted molar refractivity (Wildman–Crippen MR) is 58.3 cm³/mol. The monoisotopic (exact) mass is 214 g/mol. The van der Waals surface area contributed by atoms with Gasteiger partial charge in [-0.1, -0.05) is 13.8 Å². The van der Waals surface area contributed by atoms with Crippen molar-refractivity contribution >= 4 is 0 Å². The van der Waals surface area contributed by atoms with Crippen LogP contribution >= 0.6 is 0 Å². The molecule has 0 rings (SSSR count). The van der Waals surface area contributed by atoms with Crippen LogP contribution in [0.15, 0.2) is 0 Å². The molecule has 0 spiro atoms. The summed E-state index contributed by atoms with van der Waals surface area (Å²) in [5.74, 6) is 0. The van der Waals surface area contributed by atoms with Gasteiger partial charge in [0, 0.05) is 33.3 Å². The van der Waals surface area contributed by atoms with E-state index in [-0.39, 0.29) is 0 Å². The Balaban J connectivity index is 5.69. The van der Waals surface area contributed by atoms with Crippen molar-refractivity contribution in [2.75, 3.05) is 26.1 Å². The predicted octanol–water partition coefficient (Wildman–Crippen LogP) is -0.293. The minimum absolute atomic E-state index is 0.424. The molecule has 2 atom stereocenters. The van der Waals surface area contributed by atoms with Gasteiger partial charge >= 0.3 is 0 Å². The fourth-order valence-electron chi connectivity index (χ4n) is 0.604. The Morgan fingerprint density at radius 2 is 1.43 bits per heavy atom. The molecule has 0 aliphatic heterocycles. The van der Waals surface area contributed by atoms with Gasteiger partial charge in [-0.05, 0) is 12.8 Å². The van der Waals surface area contributed by atoms with Crippen LogP contribution in [0, 0.1) is 0 Å². The molecule has 0 heterocycles. The molecular weight excluding hydrogens is 180 g/mol. The highest BCUT2D eigenvalue weighted by molar-refractivity contribution is 4.67. The van der Waals surface area contributed by atoms with E-state index in [1.54, 1.807) is 10.6 Å². The molecule has 0 amide bonds. The zero-order chi connectivity index (χ0) is 19.8. The van der Waals surface area contributed by atoms with Crippen molar-refractivity contribution in [3.8, 4) is 0 Å². The van der Waals surface area contributed by atoms with Gasteiger partial charge in [0.15, 0.2) is 0 Å². The Morgan fingerprint density at radius 1 is 1.07 bits per heavy atom. The van der Waals surface area contributed by atoms with Gasteiger partial charge in [-0.2, -0.15) is 0 Å². The fourth-order valence-corrected chi connectivity index (χ4v) is 0.604. The van der Waals surface area contributed by atoms with Crippen LogP contribution in [-0.2, 0) is 0 Å². The van der Waals surface area contributed by atoms with E-state index < -0.39 is 51.0 Å². The van der Waals surface area contributed by atoms with Crippen LogP contribution < -0.4 is 10.6 Å². The molecule has 86 valence electrons. The van der Waals surface area contributed by atoms with Gasteiger partial charge in [0.2, 0.25) is 0 Å². The van der Waals surface area contributed by atoms with Gasteiger partial charge in [-0.3, -0.25) is 0 Å². The SMILES string of the molecule is [2H]C([2H])(N[C@]([2H])(CC)C([2H])([2H])O)C([2H])([2H])N[C@]([2H])(CC)C([2H])([2H])O. The summed E-state index contributed by atoms with van der Waals surface area (Å²) in [5.41, 5.74) is 0. The summed E-state index contributed by atoms with van der Waals surface area (Å²) in [6.45, 7) is -10.3.